The molecule has 2 heterocycles. The molecule has 4 nitrogen and oxygen atoms in total. The van der Waals surface area contributed by atoms with Gasteiger partial charge < -0.3 is 5.32 Å². The van der Waals surface area contributed by atoms with Gasteiger partial charge in [0.15, 0.2) is 5.82 Å². The van der Waals surface area contributed by atoms with Crippen LogP contribution in [0.25, 0.3) is 5.52 Å². The van der Waals surface area contributed by atoms with Crippen molar-refractivity contribution in [3.8, 4) is 0 Å². The quantitative estimate of drug-likeness (QED) is 0.821. The van der Waals surface area contributed by atoms with E-state index >= 15 is 0 Å². The number of aromatic nitrogens is 3. The lowest BCUT2D eigenvalue weighted by molar-refractivity contribution is 0.751. The van der Waals surface area contributed by atoms with E-state index in [4.69, 9.17) is 11.6 Å². The summed E-state index contributed by atoms with van der Waals surface area (Å²) in [7, 11) is 0. The first-order valence-electron chi connectivity index (χ1n) is 6.84. The fourth-order valence-corrected chi connectivity index (χ4v) is 2.02. The van der Waals surface area contributed by atoms with Gasteiger partial charge in [-0.2, -0.15) is 5.10 Å². The number of alkyl halides is 1. The Bertz CT molecular complexity index is 535. The molecule has 0 aliphatic carbocycles. The van der Waals surface area contributed by atoms with Gasteiger partial charge in [-0.05, 0) is 24.8 Å². The van der Waals surface area contributed by atoms with E-state index < -0.39 is 0 Å². The minimum Gasteiger partial charge on any atom is -0.368 e. The van der Waals surface area contributed by atoms with Crippen LogP contribution in [-0.4, -0.2) is 26.5 Å². The molecule has 0 spiro atoms. The molecule has 104 valence electrons. The molecule has 0 radical (unpaired) electrons. The summed E-state index contributed by atoms with van der Waals surface area (Å²) in [5.41, 5.74) is 2.11. The van der Waals surface area contributed by atoms with Crippen LogP contribution in [-0.2, 0) is 0 Å². The summed E-state index contributed by atoms with van der Waals surface area (Å²) >= 11 is 6.12. The molecule has 0 saturated carbocycles. The Hall–Kier alpha value is -1.29. The molecule has 2 aromatic rings. The number of halogens is 1. The molecule has 0 amide bonds. The van der Waals surface area contributed by atoms with Gasteiger partial charge in [-0.3, -0.25) is 0 Å². The maximum Gasteiger partial charge on any atom is 0.152 e. The average Bonchev–Trinajstić information content (AvgIpc) is 2.83. The van der Waals surface area contributed by atoms with E-state index in [0.29, 0.717) is 5.92 Å². The number of hydrogen-bond acceptors (Lipinski definition) is 3. The monoisotopic (exact) mass is 280 g/mol. The number of nitrogens with zero attached hydrogens (tertiary/aromatic N) is 3. The molecule has 0 bridgehead atoms. The van der Waals surface area contributed by atoms with E-state index in [1.54, 1.807) is 6.20 Å². The Labute approximate surface area is 119 Å². The van der Waals surface area contributed by atoms with Crippen molar-refractivity contribution in [2.24, 2.45) is 0 Å². The maximum absolute atomic E-state index is 6.12. The lowest BCUT2D eigenvalue weighted by Gasteiger charge is -2.09. The number of anilines is 1. The van der Waals surface area contributed by atoms with Gasteiger partial charge in [0.25, 0.3) is 0 Å². The minimum atomic E-state index is 0.225. The fraction of sp³-hybridized carbons (Fsp3) is 0.571. The normalized spacial score (nSPS) is 13.1. The van der Waals surface area contributed by atoms with Crippen LogP contribution >= 0.6 is 11.6 Å². The highest BCUT2D eigenvalue weighted by atomic mass is 35.5. The van der Waals surface area contributed by atoms with Crippen LogP contribution in [0.4, 0.5) is 5.82 Å². The third-order valence-electron chi connectivity index (χ3n) is 3.19. The predicted octanol–water partition coefficient (Wildman–Crippen LogP) is 3.67. The van der Waals surface area contributed by atoms with Crippen LogP contribution in [0, 0.1) is 0 Å². The molecular weight excluding hydrogens is 260 g/mol. The molecule has 5 heteroatoms. The molecule has 1 N–H and O–H groups in total. The standard InChI is InChI=1S/C14H21ClN4/c1-4-11(15)5-6-16-14-13-9-12(10(2)3)18-19(13)8-7-17-14/h7-11H,4-6H2,1-3H3,(H,16,17). The second-order valence-corrected chi connectivity index (χ2v) is 5.67. The van der Waals surface area contributed by atoms with Crippen LogP contribution in [0.5, 0.6) is 0 Å². The molecule has 1 unspecified atom stereocenters. The van der Waals surface area contributed by atoms with Crippen molar-refractivity contribution in [1.82, 2.24) is 14.6 Å². The van der Waals surface area contributed by atoms with Crippen molar-refractivity contribution in [1.29, 1.82) is 0 Å². The van der Waals surface area contributed by atoms with Gasteiger partial charge in [-0.1, -0.05) is 20.8 Å². The summed E-state index contributed by atoms with van der Waals surface area (Å²) < 4.78 is 1.88. The largest absolute Gasteiger partial charge is 0.368 e. The Morgan fingerprint density at radius 2 is 2.21 bits per heavy atom. The van der Waals surface area contributed by atoms with Crippen LogP contribution < -0.4 is 5.32 Å². The van der Waals surface area contributed by atoms with Gasteiger partial charge in [0.2, 0.25) is 0 Å². The van der Waals surface area contributed by atoms with Gasteiger partial charge in [-0.25, -0.2) is 9.50 Å². The minimum absolute atomic E-state index is 0.225. The molecule has 19 heavy (non-hydrogen) atoms. The van der Waals surface area contributed by atoms with E-state index in [2.05, 4.69) is 42.2 Å². The average molecular weight is 281 g/mol. The summed E-state index contributed by atoms with van der Waals surface area (Å²) in [6, 6.07) is 2.10. The smallest absolute Gasteiger partial charge is 0.152 e. The molecule has 0 aliphatic heterocycles. The summed E-state index contributed by atoms with van der Waals surface area (Å²) in [6.45, 7) is 7.21. The Morgan fingerprint density at radius 3 is 2.89 bits per heavy atom. The molecule has 2 rings (SSSR count). The second kappa shape index (κ2) is 6.24. The third-order valence-corrected chi connectivity index (χ3v) is 3.72. The van der Waals surface area contributed by atoms with E-state index in [1.807, 2.05) is 10.7 Å². The van der Waals surface area contributed by atoms with Crippen molar-refractivity contribution < 1.29 is 0 Å². The second-order valence-electron chi connectivity index (χ2n) is 5.05. The van der Waals surface area contributed by atoms with Crippen LogP contribution in [0.1, 0.15) is 45.2 Å². The van der Waals surface area contributed by atoms with Crippen molar-refractivity contribution in [3.63, 3.8) is 0 Å². The molecule has 1 atom stereocenters. The van der Waals surface area contributed by atoms with E-state index in [-0.39, 0.29) is 5.38 Å². The van der Waals surface area contributed by atoms with Gasteiger partial charge in [0.05, 0.1) is 5.69 Å². The zero-order valence-electron chi connectivity index (χ0n) is 11.7. The molecular formula is C14H21ClN4. The van der Waals surface area contributed by atoms with E-state index in [1.165, 1.54) is 0 Å². The molecule has 2 aromatic heterocycles. The lowest BCUT2D eigenvalue weighted by Crippen LogP contribution is -2.09. The fourth-order valence-electron chi connectivity index (χ4n) is 1.91. The van der Waals surface area contributed by atoms with Crippen molar-refractivity contribution in [3.05, 3.63) is 24.2 Å². The van der Waals surface area contributed by atoms with Gasteiger partial charge in [-0.15, -0.1) is 11.6 Å². The summed E-state index contributed by atoms with van der Waals surface area (Å²) in [5.74, 6) is 1.29. The van der Waals surface area contributed by atoms with Crippen LogP contribution in [0.3, 0.4) is 0 Å². The lowest BCUT2D eigenvalue weighted by atomic mass is 10.1. The first-order chi connectivity index (χ1) is 9.11. The van der Waals surface area contributed by atoms with Gasteiger partial charge >= 0.3 is 0 Å². The highest BCUT2D eigenvalue weighted by Gasteiger charge is 2.09. The number of hydrogen-bond donors (Lipinski definition) is 1. The molecule has 0 aromatic carbocycles. The number of nitrogens with one attached hydrogen (secondary N) is 1. The Balaban J connectivity index is 2.14. The number of rotatable bonds is 6. The molecule has 0 saturated heterocycles. The van der Waals surface area contributed by atoms with Crippen LogP contribution in [0.2, 0.25) is 0 Å². The molecule has 0 aliphatic rings. The molecule has 0 fully saturated rings. The van der Waals surface area contributed by atoms with Gasteiger partial charge in [0, 0.05) is 24.3 Å². The van der Waals surface area contributed by atoms with E-state index in [0.717, 1.165) is 36.4 Å². The topological polar surface area (TPSA) is 42.2 Å². The summed E-state index contributed by atoms with van der Waals surface area (Å²) in [6.07, 6.45) is 5.57. The predicted molar refractivity (Wildman–Crippen MR) is 80.1 cm³/mol. The highest BCUT2D eigenvalue weighted by Crippen LogP contribution is 2.20. The van der Waals surface area contributed by atoms with Crippen LogP contribution in [0.15, 0.2) is 18.5 Å². The highest BCUT2D eigenvalue weighted by molar-refractivity contribution is 6.20. The first-order valence-corrected chi connectivity index (χ1v) is 7.27. The zero-order chi connectivity index (χ0) is 13.8. The number of fused-ring (bicyclic) bond motifs is 1. The first kappa shape index (κ1) is 14.1. The zero-order valence-corrected chi connectivity index (χ0v) is 12.5. The maximum atomic E-state index is 6.12. The van der Waals surface area contributed by atoms with E-state index in [9.17, 15) is 0 Å². The van der Waals surface area contributed by atoms with Crippen molar-refractivity contribution >= 4 is 22.9 Å². The summed E-state index contributed by atoms with van der Waals surface area (Å²) in [5, 5.41) is 8.12. The Morgan fingerprint density at radius 1 is 1.42 bits per heavy atom. The van der Waals surface area contributed by atoms with Gasteiger partial charge in [0.1, 0.15) is 5.52 Å². The Kier molecular flexibility index (Phi) is 4.64. The van der Waals surface area contributed by atoms with Crippen molar-refractivity contribution in [2.45, 2.75) is 44.9 Å². The SMILES string of the molecule is CCC(Cl)CCNc1nccn2nc(C(C)C)cc12. The summed E-state index contributed by atoms with van der Waals surface area (Å²) in [4.78, 5) is 4.39. The third kappa shape index (κ3) is 3.38. The van der Waals surface area contributed by atoms with Crippen molar-refractivity contribution in [2.75, 3.05) is 11.9 Å².